The number of hydrogen-bond donors (Lipinski definition) is 3. The van der Waals surface area contributed by atoms with Crippen LogP contribution in [0.2, 0.25) is 0 Å². The van der Waals surface area contributed by atoms with Crippen molar-refractivity contribution in [1.29, 1.82) is 0 Å². The van der Waals surface area contributed by atoms with Crippen LogP contribution in [0.4, 0.5) is 4.79 Å². The van der Waals surface area contributed by atoms with Crippen molar-refractivity contribution < 1.29 is 38.7 Å². The zero-order chi connectivity index (χ0) is 29.7. The molecule has 1 aliphatic rings. The maximum Gasteiger partial charge on any atom is 0.404 e. The zero-order valence-corrected chi connectivity index (χ0v) is 25.0. The Bertz CT molecular complexity index is 852. The number of amides is 1. The van der Waals surface area contributed by atoms with Gasteiger partial charge >= 0.3 is 12.1 Å². The van der Waals surface area contributed by atoms with Crippen LogP contribution in [0.1, 0.15) is 74.1 Å². The third-order valence-corrected chi connectivity index (χ3v) is 7.48. The largest absolute Gasteiger partial charge is 0.471 e. The van der Waals surface area contributed by atoms with Gasteiger partial charge in [-0.2, -0.15) is 0 Å². The average Bonchev–Trinajstić information content (AvgIpc) is 2.88. The Morgan fingerprint density at radius 1 is 1.08 bits per heavy atom. The normalized spacial score (nSPS) is 23.0. The lowest BCUT2D eigenvalue weighted by Crippen LogP contribution is -2.38. The van der Waals surface area contributed by atoms with Gasteiger partial charge in [0.2, 0.25) is 0 Å². The molecule has 1 unspecified atom stereocenters. The van der Waals surface area contributed by atoms with Crippen LogP contribution in [-0.4, -0.2) is 60.6 Å². The van der Waals surface area contributed by atoms with E-state index in [-0.39, 0.29) is 48.5 Å². The van der Waals surface area contributed by atoms with Crippen LogP contribution in [0.15, 0.2) is 35.6 Å². The maximum atomic E-state index is 12.2. The number of allylic oxidation sites excluding steroid dienone is 2. The first-order chi connectivity index (χ1) is 18.3. The van der Waals surface area contributed by atoms with Crippen molar-refractivity contribution in [3.63, 3.8) is 0 Å². The van der Waals surface area contributed by atoms with Gasteiger partial charge in [0.25, 0.3) is 0 Å². The van der Waals surface area contributed by atoms with Crippen LogP contribution < -0.4 is 5.73 Å². The quantitative estimate of drug-likeness (QED) is 0.132. The minimum Gasteiger partial charge on any atom is -0.471 e. The molecule has 0 saturated heterocycles. The van der Waals surface area contributed by atoms with E-state index in [1.807, 2.05) is 65.8 Å². The minimum absolute atomic E-state index is 0.0388. The lowest BCUT2D eigenvalue weighted by Gasteiger charge is -2.31. The van der Waals surface area contributed by atoms with E-state index in [0.717, 1.165) is 0 Å². The Hall–Kier alpha value is -2.36. The van der Waals surface area contributed by atoms with Gasteiger partial charge < -0.3 is 34.9 Å². The van der Waals surface area contributed by atoms with Gasteiger partial charge in [-0.15, -0.1) is 0 Å². The number of hydrogen-bond acceptors (Lipinski definition) is 8. The lowest BCUT2D eigenvalue weighted by molar-refractivity contribution is -0.151. The molecule has 1 aliphatic heterocycles. The maximum absolute atomic E-state index is 12.2. The molecule has 0 saturated carbocycles. The standard InChI is InChI=1S/C30H51NO8/c1-18(2)27(39-30(31)35)21(5)24(32)15-11-9-13-19(3)26(33)20(4)14-10-12-16-25-22(6)28(37-17-36-8)23(7)29(34)38-25/h9-10,13-14,18-22,24-27,32-33H,11-12,15-17H2,1-8H3,(H2,31,35)/b13-9-,14-10-/t19?,20-,21-,22+,24+,25-,26+,27-/m0/s1. The van der Waals surface area contributed by atoms with Crippen molar-refractivity contribution in [2.24, 2.45) is 35.3 Å². The van der Waals surface area contributed by atoms with Gasteiger partial charge in [0.05, 0.1) is 23.7 Å². The molecule has 8 atom stereocenters. The number of primary amides is 1. The lowest BCUT2D eigenvalue weighted by atomic mass is 9.88. The molecule has 39 heavy (non-hydrogen) atoms. The Kier molecular flexibility index (Phi) is 15.4. The number of esters is 1. The van der Waals surface area contributed by atoms with Gasteiger partial charge in [0.15, 0.2) is 6.79 Å². The molecule has 0 fully saturated rings. The summed E-state index contributed by atoms with van der Waals surface area (Å²) in [5.41, 5.74) is 5.65. The summed E-state index contributed by atoms with van der Waals surface area (Å²) >= 11 is 0. The second-order valence-electron chi connectivity index (χ2n) is 11.1. The van der Waals surface area contributed by atoms with E-state index >= 15 is 0 Å². The molecule has 9 nitrogen and oxygen atoms in total. The average molecular weight is 554 g/mol. The van der Waals surface area contributed by atoms with Crippen molar-refractivity contribution in [2.45, 2.75) is 98.6 Å². The highest BCUT2D eigenvalue weighted by atomic mass is 16.7. The van der Waals surface area contributed by atoms with Gasteiger partial charge in [0, 0.05) is 24.9 Å². The third-order valence-electron chi connectivity index (χ3n) is 7.48. The summed E-state index contributed by atoms with van der Waals surface area (Å²) < 4.78 is 21.4. The van der Waals surface area contributed by atoms with Crippen LogP contribution in [0, 0.1) is 29.6 Å². The highest BCUT2D eigenvalue weighted by Gasteiger charge is 2.34. The molecule has 0 bridgehead atoms. The first-order valence-corrected chi connectivity index (χ1v) is 14.0. The van der Waals surface area contributed by atoms with E-state index < -0.39 is 24.4 Å². The fraction of sp³-hybridized carbons (Fsp3) is 0.733. The van der Waals surface area contributed by atoms with Gasteiger partial charge in [0.1, 0.15) is 18.0 Å². The molecule has 9 heteroatoms. The van der Waals surface area contributed by atoms with E-state index in [9.17, 15) is 19.8 Å². The fourth-order valence-electron chi connectivity index (χ4n) is 4.93. The highest BCUT2D eigenvalue weighted by Crippen LogP contribution is 2.31. The minimum atomic E-state index is -0.834. The van der Waals surface area contributed by atoms with E-state index in [4.69, 9.17) is 24.7 Å². The Labute approximate surface area is 234 Å². The molecule has 0 aromatic carbocycles. The van der Waals surface area contributed by atoms with Crippen molar-refractivity contribution >= 4 is 12.1 Å². The third kappa shape index (κ3) is 11.3. The first-order valence-electron chi connectivity index (χ1n) is 14.0. The van der Waals surface area contributed by atoms with Crippen molar-refractivity contribution in [3.05, 3.63) is 35.6 Å². The van der Waals surface area contributed by atoms with Gasteiger partial charge in [-0.1, -0.05) is 65.8 Å². The van der Waals surface area contributed by atoms with E-state index in [2.05, 4.69) is 0 Å². The molecule has 1 amide bonds. The number of carbonyl (C=O) groups excluding carboxylic acids is 2. The molecule has 0 radical (unpaired) electrons. The Morgan fingerprint density at radius 3 is 2.21 bits per heavy atom. The molecule has 0 aliphatic carbocycles. The van der Waals surface area contributed by atoms with Crippen molar-refractivity contribution in [3.8, 4) is 0 Å². The summed E-state index contributed by atoms with van der Waals surface area (Å²) in [6.07, 6.45) is 7.67. The predicted octanol–water partition coefficient (Wildman–Crippen LogP) is 4.87. The molecular formula is C30H51NO8. The first kappa shape index (κ1) is 34.7. The fourth-order valence-corrected chi connectivity index (χ4v) is 4.93. The monoisotopic (exact) mass is 553 g/mol. The van der Waals surface area contributed by atoms with E-state index in [1.165, 1.54) is 7.11 Å². The van der Waals surface area contributed by atoms with Gasteiger partial charge in [-0.05, 0) is 38.5 Å². The highest BCUT2D eigenvalue weighted by molar-refractivity contribution is 5.89. The predicted molar refractivity (Wildman–Crippen MR) is 150 cm³/mol. The molecule has 1 rings (SSSR count). The van der Waals surface area contributed by atoms with Crippen LogP contribution in [-0.2, 0) is 23.7 Å². The van der Waals surface area contributed by atoms with E-state index in [1.54, 1.807) is 6.92 Å². The number of ether oxygens (including phenoxy) is 4. The summed E-state index contributed by atoms with van der Waals surface area (Å²) in [6, 6.07) is 0. The number of methoxy groups -OCH3 is 1. The zero-order valence-electron chi connectivity index (χ0n) is 25.0. The molecule has 224 valence electrons. The summed E-state index contributed by atoms with van der Waals surface area (Å²) in [6.45, 7) is 13.4. The number of aliphatic hydroxyl groups is 2. The van der Waals surface area contributed by atoms with Gasteiger partial charge in [-0.3, -0.25) is 0 Å². The number of carbonyl (C=O) groups is 2. The number of nitrogens with two attached hydrogens (primary N) is 1. The van der Waals surface area contributed by atoms with Crippen LogP contribution in [0.3, 0.4) is 0 Å². The SMILES string of the molecule is COCOC1=C(C)C(=O)O[C@@H](CC/C=C\[C@H](C)[C@H](O)C(C)/C=C\CC[C@@H](O)[C@H](C)[C@@H](OC(N)=O)C(C)C)[C@H]1C. The summed E-state index contributed by atoms with van der Waals surface area (Å²) in [7, 11) is 1.54. The summed E-state index contributed by atoms with van der Waals surface area (Å²) in [4.78, 5) is 23.4. The Morgan fingerprint density at radius 2 is 1.67 bits per heavy atom. The van der Waals surface area contributed by atoms with E-state index in [0.29, 0.717) is 37.0 Å². The number of cyclic esters (lactones) is 1. The molecule has 0 aromatic heterocycles. The molecular weight excluding hydrogens is 502 g/mol. The summed E-state index contributed by atoms with van der Waals surface area (Å²) in [5, 5.41) is 21.3. The second kappa shape index (κ2) is 17.4. The molecule has 4 N–H and O–H groups in total. The smallest absolute Gasteiger partial charge is 0.404 e. The van der Waals surface area contributed by atoms with Crippen molar-refractivity contribution in [1.82, 2.24) is 0 Å². The van der Waals surface area contributed by atoms with Gasteiger partial charge in [-0.25, -0.2) is 9.59 Å². The van der Waals surface area contributed by atoms with Crippen LogP contribution >= 0.6 is 0 Å². The van der Waals surface area contributed by atoms with Crippen LogP contribution in [0.25, 0.3) is 0 Å². The van der Waals surface area contributed by atoms with Crippen molar-refractivity contribution in [2.75, 3.05) is 13.9 Å². The topological polar surface area (TPSA) is 138 Å². The summed E-state index contributed by atoms with van der Waals surface area (Å²) in [5.74, 6) is -0.158. The second-order valence-corrected chi connectivity index (χ2v) is 11.1. The molecule has 0 spiro atoms. The molecule has 0 aromatic rings. The number of aliphatic hydroxyl groups excluding tert-OH is 2. The van der Waals surface area contributed by atoms with Crippen LogP contribution in [0.5, 0.6) is 0 Å². The molecule has 1 heterocycles. The number of rotatable bonds is 17. The Balaban J connectivity index is 2.51.